The van der Waals surface area contributed by atoms with Crippen molar-refractivity contribution in [1.29, 1.82) is 0 Å². The fourth-order valence-corrected chi connectivity index (χ4v) is 2.49. The van der Waals surface area contributed by atoms with E-state index in [0.717, 1.165) is 5.56 Å². The van der Waals surface area contributed by atoms with Crippen LogP contribution < -0.4 is 0 Å². The number of carbonyl (C=O) groups excluding carboxylic acids is 1. The molecule has 1 N–H and O–H groups in total. The highest BCUT2D eigenvalue weighted by Gasteiger charge is 2.19. The Kier molecular flexibility index (Phi) is 3.91. The summed E-state index contributed by atoms with van der Waals surface area (Å²) in [7, 11) is 0. The van der Waals surface area contributed by atoms with E-state index < -0.39 is 11.9 Å². The Labute approximate surface area is 113 Å². The predicted molar refractivity (Wildman–Crippen MR) is 70.0 cm³/mol. The van der Waals surface area contributed by atoms with Crippen molar-refractivity contribution >= 4 is 23.3 Å². The maximum absolute atomic E-state index is 11.2. The summed E-state index contributed by atoms with van der Waals surface area (Å²) in [5, 5.41) is 9.62. The molecule has 19 heavy (non-hydrogen) atoms. The second-order valence-corrected chi connectivity index (χ2v) is 4.82. The fourth-order valence-electron chi connectivity index (χ4n) is 1.52. The number of ether oxygens (including phenoxy) is 1. The minimum Gasteiger partial charge on any atom is -0.476 e. The molecule has 0 saturated carbocycles. The summed E-state index contributed by atoms with van der Waals surface area (Å²) in [5.41, 5.74) is 0.768. The number of hydrogen-bond donors (Lipinski definition) is 1. The zero-order valence-corrected chi connectivity index (χ0v) is 10.9. The van der Waals surface area contributed by atoms with Crippen molar-refractivity contribution in [3.05, 3.63) is 41.0 Å². The number of carbonyl (C=O) groups is 2. The molecule has 1 heterocycles. The summed E-state index contributed by atoms with van der Waals surface area (Å²) >= 11 is 1.21. The number of esters is 1. The largest absolute Gasteiger partial charge is 0.476 e. The Bertz CT molecular complexity index is 606. The lowest BCUT2D eigenvalue weighted by Crippen LogP contribution is -2.01. The number of rotatable bonds is 4. The average molecular weight is 277 g/mol. The summed E-state index contributed by atoms with van der Waals surface area (Å²) in [6.07, 6.45) is 0. The molecule has 0 aliphatic rings. The predicted octanol–water partition coefficient (Wildman–Crippen LogP) is 2.57. The lowest BCUT2D eigenvalue weighted by Gasteiger charge is -1.97. The van der Waals surface area contributed by atoms with Gasteiger partial charge in [0.15, 0.2) is 5.69 Å². The van der Waals surface area contributed by atoms with E-state index in [1.807, 2.05) is 30.3 Å². The van der Waals surface area contributed by atoms with Gasteiger partial charge in [0.05, 0.1) is 4.88 Å². The molecule has 0 aliphatic carbocycles. The van der Waals surface area contributed by atoms with E-state index in [9.17, 15) is 9.59 Å². The Morgan fingerprint density at radius 2 is 2.00 bits per heavy atom. The van der Waals surface area contributed by atoms with Crippen LogP contribution in [0.3, 0.4) is 0 Å². The first kappa shape index (κ1) is 13.2. The fraction of sp³-hybridized carbons (Fsp3) is 0.154. The molecule has 2 aromatic rings. The molecule has 6 heteroatoms. The third-order valence-electron chi connectivity index (χ3n) is 2.31. The molecule has 0 unspecified atom stereocenters. The normalized spacial score (nSPS) is 10.2. The summed E-state index contributed by atoms with van der Waals surface area (Å²) in [6.45, 7) is 1.29. The molecule has 98 valence electrons. The van der Waals surface area contributed by atoms with Crippen LogP contribution in [0.2, 0.25) is 0 Å². The van der Waals surface area contributed by atoms with Gasteiger partial charge in [0.1, 0.15) is 11.6 Å². The second-order valence-electron chi connectivity index (χ2n) is 3.74. The Morgan fingerprint density at radius 3 is 2.58 bits per heavy atom. The molecule has 1 aromatic carbocycles. The number of thiazole rings is 1. The van der Waals surface area contributed by atoms with E-state index in [-0.39, 0.29) is 12.3 Å². The van der Waals surface area contributed by atoms with E-state index in [4.69, 9.17) is 9.84 Å². The Hall–Kier alpha value is -2.21. The van der Waals surface area contributed by atoms with Crippen LogP contribution in [0.5, 0.6) is 0 Å². The van der Waals surface area contributed by atoms with E-state index in [1.165, 1.54) is 18.3 Å². The van der Waals surface area contributed by atoms with Crippen molar-refractivity contribution in [2.75, 3.05) is 0 Å². The zero-order chi connectivity index (χ0) is 13.8. The molecule has 1 aromatic heterocycles. The molecule has 0 amide bonds. The van der Waals surface area contributed by atoms with Crippen LogP contribution in [0.15, 0.2) is 30.3 Å². The van der Waals surface area contributed by atoms with Crippen LogP contribution in [0.25, 0.3) is 10.4 Å². The molecule has 0 fully saturated rings. The molecule has 0 atom stereocenters. The van der Waals surface area contributed by atoms with Gasteiger partial charge >= 0.3 is 11.9 Å². The van der Waals surface area contributed by atoms with Gasteiger partial charge in [0.25, 0.3) is 0 Å². The third-order valence-corrected chi connectivity index (χ3v) is 3.39. The molecule has 0 aliphatic heterocycles. The van der Waals surface area contributed by atoms with E-state index in [0.29, 0.717) is 9.88 Å². The van der Waals surface area contributed by atoms with Crippen molar-refractivity contribution in [2.24, 2.45) is 0 Å². The van der Waals surface area contributed by atoms with Crippen molar-refractivity contribution in [2.45, 2.75) is 13.5 Å². The maximum Gasteiger partial charge on any atom is 0.356 e. The van der Waals surface area contributed by atoms with Gasteiger partial charge in [-0.1, -0.05) is 30.3 Å². The first-order valence-electron chi connectivity index (χ1n) is 5.49. The van der Waals surface area contributed by atoms with E-state index >= 15 is 0 Å². The van der Waals surface area contributed by atoms with Gasteiger partial charge in [-0.05, 0) is 5.56 Å². The summed E-state index contributed by atoms with van der Waals surface area (Å²) in [4.78, 5) is 26.5. The Morgan fingerprint density at radius 1 is 1.32 bits per heavy atom. The first-order valence-corrected chi connectivity index (χ1v) is 6.31. The summed E-state index contributed by atoms with van der Waals surface area (Å²) < 4.78 is 4.83. The van der Waals surface area contributed by atoms with Gasteiger partial charge in [-0.15, -0.1) is 11.3 Å². The number of carboxylic acids is 1. The zero-order valence-electron chi connectivity index (χ0n) is 10.1. The first-order chi connectivity index (χ1) is 9.08. The lowest BCUT2D eigenvalue weighted by atomic mass is 10.1. The van der Waals surface area contributed by atoms with Gasteiger partial charge < -0.3 is 9.84 Å². The SMILES string of the molecule is CC(=O)OCc1nc(C(=O)O)c(-c2ccccc2)s1. The monoisotopic (exact) mass is 277 g/mol. The molecular formula is C13H11NO4S. The van der Waals surface area contributed by atoms with Gasteiger partial charge in [0.2, 0.25) is 0 Å². The molecule has 0 radical (unpaired) electrons. The smallest absolute Gasteiger partial charge is 0.356 e. The molecule has 2 rings (SSSR count). The second kappa shape index (κ2) is 5.62. The van der Waals surface area contributed by atoms with Crippen LogP contribution in [-0.2, 0) is 16.1 Å². The average Bonchev–Trinajstić information content (AvgIpc) is 2.82. The number of nitrogens with zero attached hydrogens (tertiary/aromatic N) is 1. The topological polar surface area (TPSA) is 76.5 Å². The van der Waals surface area contributed by atoms with Crippen LogP contribution in [0.1, 0.15) is 22.4 Å². The van der Waals surface area contributed by atoms with Crippen LogP contribution in [0.4, 0.5) is 0 Å². The number of aromatic carboxylic acids is 1. The third kappa shape index (κ3) is 3.17. The Balaban J connectivity index is 2.36. The van der Waals surface area contributed by atoms with Crippen LogP contribution in [-0.4, -0.2) is 22.0 Å². The van der Waals surface area contributed by atoms with Crippen LogP contribution in [0, 0.1) is 0 Å². The number of hydrogen-bond acceptors (Lipinski definition) is 5. The maximum atomic E-state index is 11.2. The molecular weight excluding hydrogens is 266 g/mol. The van der Waals surface area contributed by atoms with Gasteiger partial charge in [-0.25, -0.2) is 9.78 Å². The molecule has 5 nitrogen and oxygen atoms in total. The van der Waals surface area contributed by atoms with E-state index in [2.05, 4.69) is 4.98 Å². The van der Waals surface area contributed by atoms with Crippen molar-refractivity contribution in [3.63, 3.8) is 0 Å². The minimum atomic E-state index is -1.09. The van der Waals surface area contributed by atoms with E-state index in [1.54, 1.807) is 0 Å². The van der Waals surface area contributed by atoms with Crippen molar-refractivity contribution in [1.82, 2.24) is 4.98 Å². The lowest BCUT2D eigenvalue weighted by molar-refractivity contribution is -0.142. The highest BCUT2D eigenvalue weighted by molar-refractivity contribution is 7.15. The highest BCUT2D eigenvalue weighted by Crippen LogP contribution is 2.30. The number of aromatic nitrogens is 1. The highest BCUT2D eigenvalue weighted by atomic mass is 32.1. The van der Waals surface area contributed by atoms with Gasteiger partial charge in [-0.3, -0.25) is 4.79 Å². The standard InChI is InChI=1S/C13H11NO4S/c1-8(15)18-7-10-14-11(13(16)17)12(19-10)9-5-3-2-4-6-9/h2-6H,7H2,1H3,(H,16,17). The molecule has 0 bridgehead atoms. The van der Waals surface area contributed by atoms with Crippen molar-refractivity contribution in [3.8, 4) is 10.4 Å². The molecule has 0 saturated heterocycles. The number of benzene rings is 1. The van der Waals surface area contributed by atoms with Crippen molar-refractivity contribution < 1.29 is 19.4 Å². The van der Waals surface area contributed by atoms with Gasteiger partial charge in [0, 0.05) is 6.92 Å². The van der Waals surface area contributed by atoms with Crippen LogP contribution >= 0.6 is 11.3 Å². The summed E-state index contributed by atoms with van der Waals surface area (Å²) in [6, 6.07) is 9.13. The quantitative estimate of drug-likeness (QED) is 0.869. The molecule has 0 spiro atoms. The summed E-state index contributed by atoms with van der Waals surface area (Å²) in [5.74, 6) is -1.52. The minimum absolute atomic E-state index is 0.00683. The number of carboxylic acid groups (broad SMARTS) is 1. The van der Waals surface area contributed by atoms with Gasteiger partial charge in [-0.2, -0.15) is 0 Å².